The number of anilines is 1. The number of benzene rings is 2. The third-order valence-electron chi connectivity index (χ3n) is 6.14. The zero-order chi connectivity index (χ0) is 29.0. The van der Waals surface area contributed by atoms with Gasteiger partial charge in [0.25, 0.3) is 5.91 Å². The number of nitrogen functional groups attached to an aromatic ring is 1. The van der Waals surface area contributed by atoms with Crippen molar-refractivity contribution in [2.24, 2.45) is 5.92 Å². The number of carbonyl (C=O) groups excluding carboxylic acids is 1. The Bertz CT molecular complexity index is 1530. The summed E-state index contributed by atoms with van der Waals surface area (Å²) in [4.78, 5) is 33.7. The minimum atomic E-state index is -5.08. The van der Waals surface area contributed by atoms with Crippen LogP contribution in [0.4, 0.5) is 19.0 Å². The zero-order valence-electron chi connectivity index (χ0n) is 21.7. The molecule has 0 saturated carbocycles. The summed E-state index contributed by atoms with van der Waals surface area (Å²) < 4.78 is 37.7. The Hall–Kier alpha value is -4.61. The molecule has 1 unspecified atom stereocenters. The molecule has 4 aromatic rings. The van der Waals surface area contributed by atoms with Crippen molar-refractivity contribution < 1.29 is 32.6 Å². The Morgan fingerprint density at radius 3 is 2.55 bits per heavy atom. The maximum atomic E-state index is 12.5. The highest BCUT2D eigenvalue weighted by molar-refractivity contribution is 5.94. The minimum Gasteiger partial charge on any atom is -0.493 e. The van der Waals surface area contributed by atoms with Gasteiger partial charge >= 0.3 is 12.1 Å². The molecule has 0 aliphatic carbocycles. The molecule has 0 radical (unpaired) electrons. The van der Waals surface area contributed by atoms with Crippen molar-refractivity contribution in [2.75, 3.05) is 18.9 Å². The average molecular weight is 556 g/mol. The van der Waals surface area contributed by atoms with Gasteiger partial charge in [-0.3, -0.25) is 4.79 Å². The molecule has 1 aliphatic heterocycles. The van der Waals surface area contributed by atoms with E-state index in [4.69, 9.17) is 25.4 Å². The molecule has 12 heteroatoms. The third kappa shape index (κ3) is 6.87. The lowest BCUT2D eigenvalue weighted by atomic mass is 9.94. The van der Waals surface area contributed by atoms with Crippen LogP contribution in [0, 0.1) is 5.92 Å². The molecule has 1 aliphatic rings. The van der Waals surface area contributed by atoms with Gasteiger partial charge in [0.05, 0.1) is 23.6 Å². The first-order valence-corrected chi connectivity index (χ1v) is 12.5. The van der Waals surface area contributed by atoms with Crippen molar-refractivity contribution in [2.45, 2.75) is 32.4 Å². The van der Waals surface area contributed by atoms with Gasteiger partial charge in [0, 0.05) is 18.3 Å². The summed E-state index contributed by atoms with van der Waals surface area (Å²) in [6.45, 7) is 5.35. The normalized spacial score (nSPS) is 14.6. The van der Waals surface area contributed by atoms with E-state index in [-0.39, 0.29) is 11.8 Å². The van der Waals surface area contributed by atoms with E-state index in [0.717, 1.165) is 45.7 Å². The SMILES string of the molecule is CC(C)CNC(=O)c1ccc2c(c1)CC(c1nc3ccc(-c4ccnc(N)c4)cc3[nH]1)CO2.O=C(O)C(F)(F)F. The van der Waals surface area contributed by atoms with Gasteiger partial charge in [0.2, 0.25) is 0 Å². The highest BCUT2D eigenvalue weighted by atomic mass is 19.4. The summed E-state index contributed by atoms with van der Waals surface area (Å²) in [5.74, 6) is -0.109. The summed E-state index contributed by atoms with van der Waals surface area (Å²) in [6, 6.07) is 15.6. The molecule has 2 aromatic carbocycles. The van der Waals surface area contributed by atoms with Crippen LogP contribution in [0.25, 0.3) is 22.2 Å². The number of imidazole rings is 1. The molecular weight excluding hydrogens is 527 g/mol. The van der Waals surface area contributed by atoms with Crippen LogP contribution < -0.4 is 15.8 Å². The Morgan fingerprint density at radius 2 is 1.88 bits per heavy atom. The van der Waals surface area contributed by atoms with Crippen molar-refractivity contribution >= 4 is 28.7 Å². The fourth-order valence-corrected chi connectivity index (χ4v) is 4.14. The van der Waals surface area contributed by atoms with E-state index in [1.165, 1.54) is 0 Å². The molecule has 5 rings (SSSR count). The lowest BCUT2D eigenvalue weighted by Gasteiger charge is -2.24. The number of fused-ring (bicyclic) bond motifs is 2. The number of H-pyrrole nitrogens is 1. The number of aliphatic carboxylic acids is 1. The molecule has 0 fully saturated rings. The number of nitrogens with zero attached hydrogens (tertiary/aromatic N) is 2. The van der Waals surface area contributed by atoms with Gasteiger partial charge < -0.3 is 25.9 Å². The first kappa shape index (κ1) is 28.4. The third-order valence-corrected chi connectivity index (χ3v) is 6.14. The van der Waals surface area contributed by atoms with Crippen molar-refractivity contribution in [1.29, 1.82) is 0 Å². The monoisotopic (exact) mass is 555 g/mol. The molecule has 5 N–H and O–H groups in total. The van der Waals surface area contributed by atoms with E-state index in [1.54, 1.807) is 6.20 Å². The van der Waals surface area contributed by atoms with Gasteiger partial charge in [0.15, 0.2) is 0 Å². The Labute approximate surface area is 227 Å². The van der Waals surface area contributed by atoms with Gasteiger partial charge in [-0.2, -0.15) is 13.2 Å². The van der Waals surface area contributed by atoms with Gasteiger partial charge in [-0.05, 0) is 71.5 Å². The smallest absolute Gasteiger partial charge is 0.490 e. The van der Waals surface area contributed by atoms with E-state index < -0.39 is 12.1 Å². The van der Waals surface area contributed by atoms with Gasteiger partial charge in [-0.15, -0.1) is 0 Å². The molecule has 1 amide bonds. The Kier molecular flexibility index (Phi) is 8.26. The number of amides is 1. The number of alkyl halides is 3. The zero-order valence-corrected chi connectivity index (χ0v) is 21.7. The summed E-state index contributed by atoms with van der Waals surface area (Å²) in [5.41, 5.74) is 11.5. The number of halogens is 3. The molecule has 1 atom stereocenters. The topological polar surface area (TPSA) is 143 Å². The summed E-state index contributed by atoms with van der Waals surface area (Å²) in [5, 5.41) is 10.1. The van der Waals surface area contributed by atoms with Crippen LogP contribution in [-0.2, 0) is 11.2 Å². The number of nitrogens with two attached hydrogens (primary N) is 1. The van der Waals surface area contributed by atoms with Gasteiger partial charge in [-0.1, -0.05) is 19.9 Å². The second kappa shape index (κ2) is 11.6. The minimum absolute atomic E-state index is 0.0540. The molecule has 210 valence electrons. The number of rotatable bonds is 5. The number of pyridine rings is 1. The number of nitrogens with one attached hydrogen (secondary N) is 2. The molecule has 40 heavy (non-hydrogen) atoms. The van der Waals surface area contributed by atoms with E-state index in [1.807, 2.05) is 42.5 Å². The molecule has 9 nitrogen and oxygen atoms in total. The van der Waals surface area contributed by atoms with Crippen LogP contribution in [0.1, 0.15) is 41.5 Å². The number of carboxylic acids is 1. The quantitative estimate of drug-likeness (QED) is 0.273. The Morgan fingerprint density at radius 1 is 1.15 bits per heavy atom. The van der Waals surface area contributed by atoms with Crippen LogP contribution in [0.2, 0.25) is 0 Å². The largest absolute Gasteiger partial charge is 0.493 e. The van der Waals surface area contributed by atoms with Gasteiger partial charge in [-0.25, -0.2) is 14.8 Å². The fourth-order valence-electron chi connectivity index (χ4n) is 4.14. The van der Waals surface area contributed by atoms with Crippen molar-refractivity contribution in [3.05, 3.63) is 71.7 Å². The summed E-state index contributed by atoms with van der Waals surface area (Å²) in [6.07, 6.45) is -2.62. The number of hydrogen-bond acceptors (Lipinski definition) is 6. The summed E-state index contributed by atoms with van der Waals surface area (Å²) >= 11 is 0. The molecule has 3 heterocycles. The second-order valence-corrected chi connectivity index (χ2v) is 9.76. The van der Waals surface area contributed by atoms with Crippen molar-refractivity contribution in [3.8, 4) is 16.9 Å². The lowest BCUT2D eigenvalue weighted by molar-refractivity contribution is -0.192. The predicted molar refractivity (Wildman–Crippen MR) is 143 cm³/mol. The van der Waals surface area contributed by atoms with Crippen molar-refractivity contribution in [3.63, 3.8) is 0 Å². The number of ether oxygens (including phenoxy) is 1. The van der Waals surface area contributed by atoms with Crippen LogP contribution in [-0.4, -0.2) is 51.3 Å². The van der Waals surface area contributed by atoms with Crippen LogP contribution in [0.5, 0.6) is 5.75 Å². The highest BCUT2D eigenvalue weighted by Crippen LogP contribution is 2.33. The number of carbonyl (C=O) groups is 2. The number of carboxylic acid groups (broad SMARTS) is 1. The van der Waals surface area contributed by atoms with Crippen LogP contribution in [0.15, 0.2) is 54.7 Å². The second-order valence-electron chi connectivity index (χ2n) is 9.76. The predicted octanol–water partition coefficient (Wildman–Crippen LogP) is 4.94. The molecule has 0 bridgehead atoms. The first-order chi connectivity index (χ1) is 18.9. The van der Waals surface area contributed by atoms with E-state index in [9.17, 15) is 18.0 Å². The van der Waals surface area contributed by atoms with Crippen LogP contribution >= 0.6 is 0 Å². The molecule has 0 saturated heterocycles. The van der Waals surface area contributed by atoms with Gasteiger partial charge in [0.1, 0.15) is 17.4 Å². The highest BCUT2D eigenvalue weighted by Gasteiger charge is 2.38. The maximum absolute atomic E-state index is 12.5. The molecule has 2 aromatic heterocycles. The van der Waals surface area contributed by atoms with E-state index in [0.29, 0.717) is 30.5 Å². The van der Waals surface area contributed by atoms with E-state index in [2.05, 4.69) is 35.2 Å². The summed E-state index contributed by atoms with van der Waals surface area (Å²) in [7, 11) is 0. The molecule has 0 spiro atoms. The standard InChI is InChI=1S/C26H27N5O2.C2HF3O2/c1-15(2)13-29-26(32)18-4-6-23-19(9-18)10-20(14-33-23)25-30-21-5-3-16(11-22(21)31-25)17-7-8-28-24(27)12-17;3-2(4,5)1(6)7/h3-9,11-12,15,20H,10,13-14H2,1-2H3,(H2,27,28)(H,29,32)(H,30,31);(H,6,7). The van der Waals surface area contributed by atoms with Crippen LogP contribution in [0.3, 0.4) is 0 Å². The number of hydrogen-bond donors (Lipinski definition) is 4. The van der Waals surface area contributed by atoms with Crippen molar-refractivity contribution in [1.82, 2.24) is 20.3 Å². The fraction of sp³-hybridized carbons (Fsp3) is 0.286. The molecular formula is C28H28F3N5O4. The first-order valence-electron chi connectivity index (χ1n) is 12.5. The van der Waals surface area contributed by atoms with E-state index >= 15 is 0 Å². The Balaban J connectivity index is 0.000000470. The number of aromatic nitrogens is 3. The number of aromatic amines is 1. The maximum Gasteiger partial charge on any atom is 0.490 e. The lowest BCUT2D eigenvalue weighted by Crippen LogP contribution is -2.28. The average Bonchev–Trinajstić information content (AvgIpc) is 3.34.